The Kier molecular flexibility index (Phi) is 5.32. The number of fused-ring (bicyclic) bond motifs is 1. The molecule has 0 spiro atoms. The minimum atomic E-state index is -4.78. The number of hydrogen-bond donors (Lipinski definition) is 2. The van der Waals surface area contributed by atoms with Gasteiger partial charge in [0.15, 0.2) is 0 Å². The molecule has 0 aromatic heterocycles. The van der Waals surface area contributed by atoms with Crippen molar-refractivity contribution in [3.63, 3.8) is 0 Å². The van der Waals surface area contributed by atoms with Crippen LogP contribution in [0.15, 0.2) is 45.8 Å². The van der Waals surface area contributed by atoms with E-state index >= 15 is 0 Å². The van der Waals surface area contributed by atoms with Crippen LogP contribution in [0, 0.1) is 0 Å². The predicted molar refractivity (Wildman–Crippen MR) is 96.7 cm³/mol. The summed E-state index contributed by atoms with van der Waals surface area (Å²) in [6.45, 7) is 1.61. The highest BCUT2D eigenvalue weighted by Gasteiger charge is 2.37. The first-order valence-electron chi connectivity index (χ1n) is 7.89. The van der Waals surface area contributed by atoms with E-state index in [9.17, 15) is 21.6 Å². The molecule has 4 nitrogen and oxygen atoms in total. The van der Waals surface area contributed by atoms with Crippen LogP contribution in [0.2, 0.25) is 0 Å². The van der Waals surface area contributed by atoms with E-state index in [1.54, 1.807) is 12.1 Å². The maximum atomic E-state index is 13.2. The van der Waals surface area contributed by atoms with Gasteiger partial charge in [-0.05, 0) is 67.4 Å². The molecule has 0 atom stereocenters. The van der Waals surface area contributed by atoms with Gasteiger partial charge in [-0.25, -0.2) is 8.42 Å². The van der Waals surface area contributed by atoms with Crippen molar-refractivity contribution in [1.29, 1.82) is 0 Å². The van der Waals surface area contributed by atoms with E-state index in [4.69, 9.17) is 0 Å². The second-order valence-corrected chi connectivity index (χ2v) is 8.54. The van der Waals surface area contributed by atoms with E-state index in [0.29, 0.717) is 0 Å². The SMILES string of the molecule is O=S(=O)(Nc1ccc2c(c1)CCNCC2)c1ccc(Br)cc1C(F)(F)F. The summed E-state index contributed by atoms with van der Waals surface area (Å²) in [5.74, 6) is 0. The van der Waals surface area contributed by atoms with Crippen molar-refractivity contribution in [2.24, 2.45) is 0 Å². The molecule has 3 rings (SSSR count). The third kappa shape index (κ3) is 4.21. The molecule has 140 valence electrons. The van der Waals surface area contributed by atoms with Crippen LogP contribution in [0.1, 0.15) is 16.7 Å². The zero-order valence-electron chi connectivity index (χ0n) is 13.5. The molecule has 0 amide bonds. The van der Waals surface area contributed by atoms with Gasteiger partial charge in [-0.3, -0.25) is 4.72 Å². The fourth-order valence-electron chi connectivity index (χ4n) is 2.91. The third-order valence-electron chi connectivity index (χ3n) is 4.14. The Morgan fingerprint density at radius 3 is 2.38 bits per heavy atom. The fourth-order valence-corrected chi connectivity index (χ4v) is 4.53. The Balaban J connectivity index is 1.97. The van der Waals surface area contributed by atoms with Crippen LogP contribution >= 0.6 is 15.9 Å². The Morgan fingerprint density at radius 2 is 1.69 bits per heavy atom. The van der Waals surface area contributed by atoms with Crippen molar-refractivity contribution in [3.05, 3.63) is 57.6 Å². The summed E-state index contributed by atoms with van der Waals surface area (Å²) in [6, 6.07) is 8.05. The molecule has 0 aliphatic carbocycles. The summed E-state index contributed by atoms with van der Waals surface area (Å²) in [6.07, 6.45) is -3.22. The first-order chi connectivity index (χ1) is 12.2. The van der Waals surface area contributed by atoms with Gasteiger partial charge in [0.2, 0.25) is 0 Å². The van der Waals surface area contributed by atoms with Crippen LogP contribution in [0.4, 0.5) is 18.9 Å². The van der Waals surface area contributed by atoms with E-state index in [1.807, 2.05) is 6.07 Å². The Morgan fingerprint density at radius 1 is 1.00 bits per heavy atom. The zero-order chi connectivity index (χ0) is 18.9. The number of hydrogen-bond acceptors (Lipinski definition) is 3. The molecule has 2 N–H and O–H groups in total. The van der Waals surface area contributed by atoms with Gasteiger partial charge >= 0.3 is 6.18 Å². The van der Waals surface area contributed by atoms with Gasteiger partial charge in [0.05, 0.1) is 10.5 Å². The predicted octanol–water partition coefficient (Wildman–Crippen LogP) is 3.96. The first-order valence-corrected chi connectivity index (χ1v) is 10.2. The van der Waals surface area contributed by atoms with Crippen LogP contribution in [0.5, 0.6) is 0 Å². The van der Waals surface area contributed by atoms with Crippen LogP contribution in [-0.2, 0) is 29.0 Å². The van der Waals surface area contributed by atoms with Crippen LogP contribution in [0.3, 0.4) is 0 Å². The fraction of sp³-hybridized carbons (Fsp3) is 0.294. The zero-order valence-corrected chi connectivity index (χ0v) is 15.9. The van der Waals surface area contributed by atoms with Gasteiger partial charge in [0, 0.05) is 10.2 Å². The first kappa shape index (κ1) is 19.2. The highest BCUT2D eigenvalue weighted by atomic mass is 79.9. The molecule has 1 aliphatic rings. The van der Waals surface area contributed by atoms with E-state index in [0.717, 1.165) is 49.2 Å². The van der Waals surface area contributed by atoms with E-state index in [1.165, 1.54) is 6.07 Å². The van der Waals surface area contributed by atoms with Gasteiger partial charge in [-0.1, -0.05) is 22.0 Å². The Labute approximate surface area is 158 Å². The van der Waals surface area contributed by atoms with Crippen molar-refractivity contribution in [3.8, 4) is 0 Å². The van der Waals surface area contributed by atoms with Gasteiger partial charge in [0.25, 0.3) is 10.0 Å². The number of nitrogens with one attached hydrogen (secondary N) is 2. The highest BCUT2D eigenvalue weighted by molar-refractivity contribution is 9.10. The average Bonchev–Trinajstić information content (AvgIpc) is 2.78. The molecule has 26 heavy (non-hydrogen) atoms. The van der Waals surface area contributed by atoms with Crippen molar-refractivity contribution in [2.75, 3.05) is 17.8 Å². The number of rotatable bonds is 3. The molecule has 0 bridgehead atoms. The lowest BCUT2D eigenvalue weighted by Crippen LogP contribution is -2.19. The van der Waals surface area contributed by atoms with E-state index < -0.39 is 26.7 Å². The summed E-state index contributed by atoms with van der Waals surface area (Å²) in [5, 5.41) is 3.25. The van der Waals surface area contributed by atoms with Gasteiger partial charge in [-0.15, -0.1) is 0 Å². The maximum Gasteiger partial charge on any atom is 0.417 e. The summed E-state index contributed by atoms with van der Waals surface area (Å²) in [5.41, 5.74) is 1.14. The molecule has 0 saturated heterocycles. The molecule has 0 radical (unpaired) electrons. The quantitative estimate of drug-likeness (QED) is 0.746. The minimum Gasteiger partial charge on any atom is -0.316 e. The average molecular weight is 449 g/mol. The van der Waals surface area contributed by atoms with E-state index in [2.05, 4.69) is 26.0 Å². The highest BCUT2D eigenvalue weighted by Crippen LogP contribution is 2.36. The number of sulfonamides is 1. The van der Waals surface area contributed by atoms with Crippen LogP contribution in [-0.4, -0.2) is 21.5 Å². The van der Waals surface area contributed by atoms with Crippen molar-refractivity contribution in [2.45, 2.75) is 23.9 Å². The molecule has 1 aliphatic heterocycles. The molecule has 0 saturated carbocycles. The molecule has 2 aromatic rings. The summed E-state index contributed by atoms with van der Waals surface area (Å²) >= 11 is 2.95. The van der Waals surface area contributed by atoms with Crippen molar-refractivity contribution < 1.29 is 21.6 Å². The van der Waals surface area contributed by atoms with Crippen LogP contribution in [0.25, 0.3) is 0 Å². The molecule has 2 aromatic carbocycles. The second kappa shape index (κ2) is 7.21. The molecule has 0 fully saturated rings. The Bertz CT molecular complexity index is 930. The Hall–Kier alpha value is -1.58. The standard InChI is InChI=1S/C17H16BrF3N2O2S/c18-13-2-4-16(15(10-13)17(19,20)21)26(24,25)23-14-3-1-11-5-7-22-8-6-12(11)9-14/h1-4,9-10,22-23H,5-8H2. The monoisotopic (exact) mass is 448 g/mol. The lowest BCUT2D eigenvalue weighted by molar-refractivity contribution is -0.139. The van der Waals surface area contributed by atoms with Crippen molar-refractivity contribution >= 4 is 31.6 Å². The number of benzene rings is 2. The second-order valence-electron chi connectivity index (χ2n) is 5.98. The molecular weight excluding hydrogens is 433 g/mol. The maximum absolute atomic E-state index is 13.2. The smallest absolute Gasteiger partial charge is 0.316 e. The number of anilines is 1. The third-order valence-corrected chi connectivity index (χ3v) is 6.07. The summed E-state index contributed by atoms with van der Waals surface area (Å²) in [7, 11) is -4.39. The van der Waals surface area contributed by atoms with Gasteiger partial charge < -0.3 is 5.32 Å². The van der Waals surface area contributed by atoms with Gasteiger partial charge in [-0.2, -0.15) is 13.2 Å². The molecule has 9 heteroatoms. The van der Waals surface area contributed by atoms with E-state index in [-0.39, 0.29) is 10.2 Å². The minimum absolute atomic E-state index is 0.154. The number of alkyl halides is 3. The van der Waals surface area contributed by atoms with Crippen LogP contribution < -0.4 is 10.0 Å². The molecule has 1 heterocycles. The van der Waals surface area contributed by atoms with Crippen molar-refractivity contribution in [1.82, 2.24) is 5.32 Å². The lowest BCUT2D eigenvalue weighted by atomic mass is 10.0. The molecule has 0 unspecified atom stereocenters. The largest absolute Gasteiger partial charge is 0.417 e. The van der Waals surface area contributed by atoms with Gasteiger partial charge in [0.1, 0.15) is 0 Å². The number of halogens is 4. The lowest BCUT2D eigenvalue weighted by Gasteiger charge is -2.16. The molecular formula is C17H16BrF3N2O2S. The topological polar surface area (TPSA) is 58.2 Å². The summed E-state index contributed by atoms with van der Waals surface area (Å²) < 4.78 is 67.3. The summed E-state index contributed by atoms with van der Waals surface area (Å²) in [4.78, 5) is -0.801. The normalized spacial score (nSPS) is 15.2.